The van der Waals surface area contributed by atoms with Crippen molar-refractivity contribution in [2.24, 2.45) is 10.8 Å². The van der Waals surface area contributed by atoms with Gasteiger partial charge in [0.15, 0.2) is 23.1 Å². The molecule has 0 radical (unpaired) electrons. The number of ether oxygens (including phenoxy) is 3. The van der Waals surface area contributed by atoms with Crippen LogP contribution in [0.3, 0.4) is 0 Å². The molecule has 1 aliphatic heterocycles. The molecule has 2 aromatic carbocycles. The minimum atomic E-state index is -0.434. The molecule has 0 amide bonds. The van der Waals surface area contributed by atoms with Gasteiger partial charge in [-0.25, -0.2) is 0 Å². The third kappa shape index (κ3) is 6.16. The number of methoxy groups -OCH3 is 2. The number of rotatable bonds is 9. The van der Waals surface area contributed by atoms with Crippen LogP contribution in [-0.2, 0) is 20.9 Å². The zero-order valence-corrected chi connectivity index (χ0v) is 26.4. The van der Waals surface area contributed by atoms with Crippen LogP contribution in [0.25, 0.3) is 0 Å². The summed E-state index contributed by atoms with van der Waals surface area (Å²) in [6.07, 6.45) is 3.27. The summed E-state index contributed by atoms with van der Waals surface area (Å²) in [6.45, 7) is 10.3. The van der Waals surface area contributed by atoms with Crippen molar-refractivity contribution >= 4 is 23.2 Å². The van der Waals surface area contributed by atoms with Crippen LogP contribution in [0.15, 0.2) is 65.0 Å². The van der Waals surface area contributed by atoms with Gasteiger partial charge in [-0.1, -0.05) is 57.5 Å². The summed E-state index contributed by atoms with van der Waals surface area (Å²) < 4.78 is 17.3. The van der Waals surface area contributed by atoms with Crippen LogP contribution in [0.2, 0.25) is 5.02 Å². The predicted octanol–water partition coefficient (Wildman–Crippen LogP) is 7.65. The van der Waals surface area contributed by atoms with Crippen molar-refractivity contribution < 1.29 is 23.8 Å². The number of Topliss-reactive ketones (excluding diaryl/α,β-unsaturated/α-hetero) is 2. The molecule has 6 nitrogen and oxygen atoms in total. The lowest BCUT2D eigenvalue weighted by atomic mass is 9.63. The van der Waals surface area contributed by atoms with Gasteiger partial charge in [0.1, 0.15) is 6.61 Å². The fraction of sp³-hybridized carbons (Fsp3) is 0.486. The van der Waals surface area contributed by atoms with Crippen LogP contribution in [-0.4, -0.2) is 43.8 Å². The highest BCUT2D eigenvalue weighted by Crippen LogP contribution is 2.55. The first-order valence-corrected chi connectivity index (χ1v) is 15.1. The van der Waals surface area contributed by atoms with E-state index in [1.54, 1.807) is 14.2 Å². The molecule has 1 heterocycles. The molecule has 0 fully saturated rings. The SMILES string of the molecule is COCCCN1C2=C(C(=O)CC(C)(C)C2)C(c2ccc(OCc3cccc(Cl)c3)c(OC)c2)C2=C1CC(C)(C)CC2=O. The predicted molar refractivity (Wildman–Crippen MR) is 165 cm³/mol. The first-order chi connectivity index (χ1) is 19.9. The van der Waals surface area contributed by atoms with Crippen molar-refractivity contribution in [1.82, 2.24) is 4.90 Å². The Morgan fingerprint density at radius 2 is 1.50 bits per heavy atom. The van der Waals surface area contributed by atoms with E-state index in [4.69, 9.17) is 25.8 Å². The van der Waals surface area contributed by atoms with Crippen molar-refractivity contribution in [3.63, 3.8) is 0 Å². The molecule has 7 heteroatoms. The number of halogens is 1. The molecule has 0 N–H and O–H groups in total. The van der Waals surface area contributed by atoms with Gasteiger partial charge in [0.05, 0.1) is 7.11 Å². The Bertz CT molecular complexity index is 1400. The zero-order valence-electron chi connectivity index (χ0n) is 25.6. The van der Waals surface area contributed by atoms with E-state index in [9.17, 15) is 9.59 Å². The minimum Gasteiger partial charge on any atom is -0.493 e. The number of benzene rings is 2. The average Bonchev–Trinajstić information content (AvgIpc) is 2.91. The number of carbonyl (C=O) groups is 2. The van der Waals surface area contributed by atoms with E-state index < -0.39 is 5.92 Å². The van der Waals surface area contributed by atoms with Gasteiger partial charge in [0, 0.05) is 66.6 Å². The molecule has 224 valence electrons. The zero-order chi connectivity index (χ0) is 30.2. The lowest BCUT2D eigenvalue weighted by Crippen LogP contribution is -2.44. The Morgan fingerprint density at radius 1 is 0.857 bits per heavy atom. The van der Waals surface area contributed by atoms with Gasteiger partial charge in [-0.15, -0.1) is 0 Å². The van der Waals surface area contributed by atoms with Crippen LogP contribution in [0.4, 0.5) is 0 Å². The van der Waals surface area contributed by atoms with Crippen molar-refractivity contribution in [2.45, 2.75) is 72.3 Å². The molecular formula is C35H42ClNO5. The molecule has 0 saturated heterocycles. The van der Waals surface area contributed by atoms with Gasteiger partial charge in [-0.2, -0.15) is 0 Å². The van der Waals surface area contributed by atoms with Crippen molar-refractivity contribution in [2.75, 3.05) is 27.4 Å². The van der Waals surface area contributed by atoms with Crippen molar-refractivity contribution in [1.29, 1.82) is 0 Å². The standard InChI is InChI=1S/C35H42ClNO5/c1-34(2)17-25-32(27(38)19-34)31(33-26(37(25)13-8-14-40-5)18-35(3,4)20-28(33)39)23-11-12-29(30(16-23)41-6)42-21-22-9-7-10-24(36)15-22/h7,9-12,15-16,31H,8,13-14,17-21H2,1-6H3. The normalized spacial score (nSPS) is 20.0. The summed E-state index contributed by atoms with van der Waals surface area (Å²) in [7, 11) is 3.32. The summed E-state index contributed by atoms with van der Waals surface area (Å²) in [5.74, 6) is 0.957. The monoisotopic (exact) mass is 591 g/mol. The summed E-state index contributed by atoms with van der Waals surface area (Å²) >= 11 is 6.15. The molecule has 0 bridgehead atoms. The molecule has 0 aromatic heterocycles. The molecule has 2 aliphatic carbocycles. The fourth-order valence-corrected chi connectivity index (χ4v) is 7.00. The van der Waals surface area contributed by atoms with Gasteiger partial charge in [-0.05, 0) is 65.5 Å². The Labute approximate surface area is 254 Å². The van der Waals surface area contributed by atoms with E-state index in [-0.39, 0.29) is 22.4 Å². The maximum Gasteiger partial charge on any atom is 0.162 e. The smallest absolute Gasteiger partial charge is 0.162 e. The second kappa shape index (κ2) is 11.9. The molecule has 42 heavy (non-hydrogen) atoms. The highest BCUT2D eigenvalue weighted by molar-refractivity contribution is 6.30. The molecule has 0 atom stereocenters. The van der Waals surface area contributed by atoms with Gasteiger partial charge in [-0.3, -0.25) is 9.59 Å². The van der Waals surface area contributed by atoms with Gasteiger partial charge >= 0.3 is 0 Å². The first-order valence-electron chi connectivity index (χ1n) is 14.8. The quantitative estimate of drug-likeness (QED) is 0.279. The van der Waals surface area contributed by atoms with Gasteiger partial charge in [0.25, 0.3) is 0 Å². The van der Waals surface area contributed by atoms with E-state index in [1.165, 1.54) is 0 Å². The van der Waals surface area contributed by atoms with Crippen molar-refractivity contribution in [3.05, 3.63) is 81.2 Å². The van der Waals surface area contributed by atoms with Crippen LogP contribution >= 0.6 is 11.6 Å². The van der Waals surface area contributed by atoms with Crippen LogP contribution < -0.4 is 9.47 Å². The van der Waals surface area contributed by atoms with Gasteiger partial charge in [0.2, 0.25) is 0 Å². The summed E-state index contributed by atoms with van der Waals surface area (Å²) in [4.78, 5) is 30.3. The first kappa shape index (κ1) is 30.4. The summed E-state index contributed by atoms with van der Waals surface area (Å²) in [6, 6.07) is 13.4. The van der Waals surface area contributed by atoms with E-state index in [2.05, 4.69) is 32.6 Å². The number of allylic oxidation sites excluding steroid dienone is 4. The maximum absolute atomic E-state index is 14.0. The highest BCUT2D eigenvalue weighted by Gasteiger charge is 2.49. The number of nitrogens with zero attached hydrogens (tertiary/aromatic N) is 1. The maximum atomic E-state index is 14.0. The molecule has 2 aromatic rings. The minimum absolute atomic E-state index is 0.118. The Morgan fingerprint density at radius 3 is 2.07 bits per heavy atom. The van der Waals surface area contributed by atoms with E-state index in [0.717, 1.165) is 52.9 Å². The third-order valence-corrected chi connectivity index (χ3v) is 8.79. The number of hydrogen-bond acceptors (Lipinski definition) is 6. The number of carbonyl (C=O) groups excluding carboxylic acids is 2. The molecule has 0 unspecified atom stereocenters. The number of ketones is 2. The molecule has 3 aliphatic rings. The largest absolute Gasteiger partial charge is 0.493 e. The Balaban J connectivity index is 1.61. The summed E-state index contributed by atoms with van der Waals surface area (Å²) in [5.41, 5.74) is 5.12. The lowest BCUT2D eigenvalue weighted by molar-refractivity contribution is -0.119. The molecule has 0 spiro atoms. The molecule has 5 rings (SSSR count). The number of hydrogen-bond donors (Lipinski definition) is 0. The second-order valence-electron chi connectivity index (χ2n) is 13.4. The van der Waals surface area contributed by atoms with Crippen LogP contribution in [0, 0.1) is 10.8 Å². The van der Waals surface area contributed by atoms with Crippen LogP contribution in [0.1, 0.15) is 76.8 Å². The van der Waals surface area contributed by atoms with Crippen LogP contribution in [0.5, 0.6) is 11.5 Å². The summed E-state index contributed by atoms with van der Waals surface area (Å²) in [5, 5.41) is 0.654. The molecule has 0 saturated carbocycles. The Hall–Kier alpha value is -3.09. The van der Waals surface area contributed by atoms with E-state index in [0.29, 0.717) is 49.1 Å². The average molecular weight is 592 g/mol. The fourth-order valence-electron chi connectivity index (χ4n) is 6.79. The van der Waals surface area contributed by atoms with E-state index >= 15 is 0 Å². The molecular weight excluding hydrogens is 550 g/mol. The second-order valence-corrected chi connectivity index (χ2v) is 13.8. The third-order valence-electron chi connectivity index (χ3n) is 8.56. The lowest BCUT2D eigenvalue weighted by Gasteiger charge is -2.49. The highest BCUT2D eigenvalue weighted by atomic mass is 35.5. The van der Waals surface area contributed by atoms with Crippen molar-refractivity contribution in [3.8, 4) is 11.5 Å². The Kier molecular flexibility index (Phi) is 8.60. The van der Waals surface area contributed by atoms with E-state index in [1.807, 2.05) is 42.5 Å². The topological polar surface area (TPSA) is 65.1 Å². The van der Waals surface area contributed by atoms with Gasteiger partial charge < -0.3 is 19.1 Å².